The Morgan fingerprint density at radius 2 is 1.47 bits per heavy atom. The zero-order valence-electron chi connectivity index (χ0n) is 12.4. The third-order valence-electron chi connectivity index (χ3n) is 2.77. The van der Waals surface area contributed by atoms with Crippen LogP contribution < -0.4 is 34.7 Å². The van der Waals surface area contributed by atoms with Gasteiger partial charge in [-0.05, 0) is 25.7 Å². The van der Waals surface area contributed by atoms with Gasteiger partial charge in [0.25, 0.3) is 0 Å². The Balaban J connectivity index is 0. The Morgan fingerprint density at radius 1 is 0.895 bits per heavy atom. The van der Waals surface area contributed by atoms with Crippen molar-refractivity contribution in [2.75, 3.05) is 6.61 Å². The molecule has 0 N–H and O–H groups in total. The summed E-state index contributed by atoms with van der Waals surface area (Å²) in [5.74, 6) is -1.28. The number of rotatable bonds is 12. The Kier molecular flexibility index (Phi) is 17.9. The van der Waals surface area contributed by atoms with E-state index in [1.807, 2.05) is 0 Å². The first-order valence-electron chi connectivity index (χ1n) is 7.02. The van der Waals surface area contributed by atoms with Crippen LogP contribution in [-0.2, 0) is 14.3 Å². The number of esters is 1. The molecule has 0 saturated heterocycles. The van der Waals surface area contributed by atoms with Gasteiger partial charge in [0.2, 0.25) is 0 Å². The van der Waals surface area contributed by atoms with Gasteiger partial charge in [0.15, 0.2) is 0 Å². The molecule has 0 unspecified atom stereocenters. The second-order valence-corrected chi connectivity index (χ2v) is 4.57. The van der Waals surface area contributed by atoms with E-state index in [9.17, 15) is 14.7 Å². The van der Waals surface area contributed by atoms with Crippen LogP contribution in [0.3, 0.4) is 0 Å². The zero-order valence-corrected chi connectivity index (χ0v) is 14.4. The monoisotopic (exact) mass is 280 g/mol. The number of unbranched alkanes of at least 4 members (excludes halogenated alkanes) is 6. The quantitative estimate of drug-likeness (QED) is 0.267. The summed E-state index contributed by atoms with van der Waals surface area (Å²) in [6.45, 7) is 2.67. The van der Waals surface area contributed by atoms with E-state index in [0.29, 0.717) is 25.9 Å². The van der Waals surface area contributed by atoms with Crippen molar-refractivity contribution in [3.8, 4) is 0 Å². The van der Waals surface area contributed by atoms with E-state index in [4.69, 9.17) is 4.74 Å². The SMILES string of the molecule is CCCCCCCCOC(=O)CCCCC(=O)[O-].[Na+]. The fourth-order valence-corrected chi connectivity index (χ4v) is 1.68. The molecule has 5 heteroatoms. The molecule has 0 aromatic heterocycles. The van der Waals surface area contributed by atoms with Crippen molar-refractivity contribution in [3.63, 3.8) is 0 Å². The van der Waals surface area contributed by atoms with Gasteiger partial charge in [0.1, 0.15) is 0 Å². The number of aliphatic carboxylic acids is 1. The summed E-state index contributed by atoms with van der Waals surface area (Å²) >= 11 is 0. The molecule has 0 aliphatic rings. The maximum absolute atomic E-state index is 11.2. The van der Waals surface area contributed by atoms with Gasteiger partial charge in [-0.15, -0.1) is 0 Å². The molecule has 0 radical (unpaired) electrons. The fraction of sp³-hybridized carbons (Fsp3) is 0.857. The van der Waals surface area contributed by atoms with Gasteiger partial charge < -0.3 is 14.6 Å². The summed E-state index contributed by atoms with van der Waals surface area (Å²) < 4.78 is 5.05. The molecule has 0 atom stereocenters. The Morgan fingerprint density at radius 3 is 2.11 bits per heavy atom. The number of ether oxygens (including phenoxy) is 1. The molecule has 0 saturated carbocycles. The van der Waals surface area contributed by atoms with E-state index in [1.165, 1.54) is 25.7 Å². The Hall–Kier alpha value is -0.0600. The second kappa shape index (κ2) is 16.0. The molecule has 19 heavy (non-hydrogen) atoms. The molecule has 0 aliphatic heterocycles. The minimum Gasteiger partial charge on any atom is -0.550 e. The molecule has 0 amide bonds. The largest absolute Gasteiger partial charge is 1.00 e. The van der Waals surface area contributed by atoms with Crippen LogP contribution in [0, 0.1) is 0 Å². The molecule has 0 bridgehead atoms. The summed E-state index contributed by atoms with van der Waals surface area (Å²) in [6, 6.07) is 0. The van der Waals surface area contributed by atoms with Gasteiger partial charge >= 0.3 is 35.5 Å². The maximum Gasteiger partial charge on any atom is 1.00 e. The van der Waals surface area contributed by atoms with E-state index in [2.05, 4.69) is 6.92 Å². The summed E-state index contributed by atoms with van der Waals surface area (Å²) in [6.07, 6.45) is 8.38. The molecule has 0 rings (SSSR count). The van der Waals surface area contributed by atoms with E-state index in [1.54, 1.807) is 0 Å². The van der Waals surface area contributed by atoms with Crippen molar-refractivity contribution in [2.24, 2.45) is 0 Å². The number of hydrogen-bond donors (Lipinski definition) is 0. The first-order chi connectivity index (χ1) is 8.66. The van der Waals surface area contributed by atoms with Crippen LogP contribution in [0.2, 0.25) is 0 Å². The predicted molar refractivity (Wildman–Crippen MR) is 67.8 cm³/mol. The molecular weight excluding hydrogens is 255 g/mol. The van der Waals surface area contributed by atoms with Crippen LogP contribution in [0.1, 0.15) is 71.1 Å². The zero-order chi connectivity index (χ0) is 13.6. The standard InChI is InChI=1S/C14H26O4.Na/c1-2-3-4-5-6-9-12-18-14(17)11-8-7-10-13(15)16;/h2-12H2,1H3,(H,15,16);/q;+1/p-1. The second-order valence-electron chi connectivity index (χ2n) is 4.57. The number of carboxylic acids is 1. The van der Waals surface area contributed by atoms with Gasteiger partial charge in [0, 0.05) is 12.4 Å². The first kappa shape index (κ1) is 21.2. The first-order valence-corrected chi connectivity index (χ1v) is 7.02. The van der Waals surface area contributed by atoms with E-state index >= 15 is 0 Å². The van der Waals surface area contributed by atoms with Gasteiger partial charge in [-0.3, -0.25) is 4.79 Å². The topological polar surface area (TPSA) is 66.4 Å². The Bertz CT molecular complexity index is 231. The van der Waals surface area contributed by atoms with Crippen LogP contribution in [0.5, 0.6) is 0 Å². The van der Waals surface area contributed by atoms with Crippen molar-refractivity contribution in [3.05, 3.63) is 0 Å². The van der Waals surface area contributed by atoms with Crippen LogP contribution in [0.15, 0.2) is 0 Å². The van der Waals surface area contributed by atoms with Gasteiger partial charge in [0.05, 0.1) is 6.61 Å². The number of carbonyl (C=O) groups excluding carboxylic acids is 2. The smallest absolute Gasteiger partial charge is 0.550 e. The maximum atomic E-state index is 11.2. The van der Waals surface area contributed by atoms with E-state index in [0.717, 1.165) is 12.8 Å². The van der Waals surface area contributed by atoms with Gasteiger partial charge in [-0.1, -0.05) is 39.0 Å². The predicted octanol–water partition coefficient (Wildman–Crippen LogP) is -0.796. The van der Waals surface area contributed by atoms with Crippen molar-refractivity contribution >= 4 is 11.9 Å². The third-order valence-corrected chi connectivity index (χ3v) is 2.77. The van der Waals surface area contributed by atoms with Gasteiger partial charge in [-0.25, -0.2) is 0 Å². The molecule has 0 heterocycles. The van der Waals surface area contributed by atoms with Gasteiger partial charge in [-0.2, -0.15) is 0 Å². The number of carboxylic acid groups (broad SMARTS) is 1. The van der Waals surface area contributed by atoms with Crippen molar-refractivity contribution < 1.29 is 49.0 Å². The third kappa shape index (κ3) is 17.9. The van der Waals surface area contributed by atoms with Crippen molar-refractivity contribution in [1.82, 2.24) is 0 Å². The van der Waals surface area contributed by atoms with Crippen LogP contribution in [0.25, 0.3) is 0 Å². The summed E-state index contributed by atoms with van der Waals surface area (Å²) in [7, 11) is 0. The van der Waals surface area contributed by atoms with Crippen LogP contribution in [0.4, 0.5) is 0 Å². The fourth-order valence-electron chi connectivity index (χ4n) is 1.68. The summed E-state index contributed by atoms with van der Waals surface area (Å²) in [5, 5.41) is 10.1. The average molecular weight is 280 g/mol. The molecular formula is C14H25NaO4. The molecule has 0 aromatic carbocycles. The molecule has 0 aliphatic carbocycles. The average Bonchev–Trinajstić information content (AvgIpc) is 2.33. The van der Waals surface area contributed by atoms with Crippen molar-refractivity contribution in [1.29, 1.82) is 0 Å². The van der Waals surface area contributed by atoms with E-state index in [-0.39, 0.29) is 41.9 Å². The Labute approximate surface area is 138 Å². The number of carbonyl (C=O) groups is 2. The summed E-state index contributed by atoms with van der Waals surface area (Å²) in [4.78, 5) is 21.4. The van der Waals surface area contributed by atoms with E-state index < -0.39 is 5.97 Å². The normalized spacial score (nSPS) is 9.74. The summed E-state index contributed by atoms with van der Waals surface area (Å²) in [5.41, 5.74) is 0. The number of hydrogen-bond acceptors (Lipinski definition) is 4. The molecule has 106 valence electrons. The minimum atomic E-state index is -1.06. The van der Waals surface area contributed by atoms with Crippen LogP contribution >= 0.6 is 0 Å². The minimum absolute atomic E-state index is 0. The molecule has 4 nitrogen and oxygen atoms in total. The molecule has 0 spiro atoms. The molecule has 0 fully saturated rings. The van der Waals surface area contributed by atoms with Crippen molar-refractivity contribution in [2.45, 2.75) is 71.1 Å². The van der Waals surface area contributed by atoms with Crippen LogP contribution in [-0.4, -0.2) is 18.5 Å². The molecule has 0 aromatic rings.